The first-order chi connectivity index (χ1) is 14.5. The van der Waals surface area contributed by atoms with Gasteiger partial charge in [-0.2, -0.15) is 0 Å². The van der Waals surface area contributed by atoms with E-state index in [9.17, 15) is 9.18 Å². The Kier molecular flexibility index (Phi) is 5.39. The number of fused-ring (bicyclic) bond motifs is 1. The first-order valence-electron chi connectivity index (χ1n) is 9.84. The molecule has 1 aliphatic rings. The molecule has 1 N–H and O–H groups in total. The molecular formula is C25H23FN2OS. The molecule has 0 amide bonds. The maximum absolute atomic E-state index is 12.7. The van der Waals surface area contributed by atoms with Crippen LogP contribution in [-0.4, -0.2) is 18.3 Å². The number of anilines is 1. The zero-order valence-electron chi connectivity index (χ0n) is 16.9. The number of aldehydes is 1. The molecule has 1 atom stereocenters. The number of nitrogens with zero attached hydrogens (tertiary/aromatic N) is 1. The summed E-state index contributed by atoms with van der Waals surface area (Å²) in [4.78, 5) is 15.7. The van der Waals surface area contributed by atoms with E-state index in [1.165, 1.54) is 34.6 Å². The van der Waals surface area contributed by atoms with E-state index in [1.807, 2.05) is 36.4 Å². The summed E-state index contributed by atoms with van der Waals surface area (Å²) in [5.74, 6) is -0.214. The second-order valence-corrected chi connectivity index (χ2v) is 8.76. The lowest BCUT2D eigenvalue weighted by atomic mass is 9.81. The summed E-state index contributed by atoms with van der Waals surface area (Å²) in [7, 11) is 1.80. The second-order valence-electron chi connectivity index (χ2n) is 7.73. The summed E-state index contributed by atoms with van der Waals surface area (Å²) in [5, 5.41) is 3.74. The number of hydrogen-bond donors (Lipinski definition) is 1. The molecular weight excluding hydrogens is 395 g/mol. The van der Waals surface area contributed by atoms with Gasteiger partial charge in [0.1, 0.15) is 12.1 Å². The smallest absolute Gasteiger partial charge is 0.183 e. The SMILES string of the molecule is CC1(C=O)CC1(c1ccccc1)c1ccccc1.CNc1nc2ccc(F)cc2s1. The van der Waals surface area contributed by atoms with E-state index >= 15 is 0 Å². The number of rotatable bonds is 4. The Bertz CT molecular complexity index is 1120. The van der Waals surface area contributed by atoms with Crippen molar-refractivity contribution in [1.29, 1.82) is 0 Å². The molecule has 152 valence electrons. The van der Waals surface area contributed by atoms with Gasteiger partial charge in [0.05, 0.1) is 10.2 Å². The highest BCUT2D eigenvalue weighted by atomic mass is 32.1. The minimum absolute atomic E-state index is 0.128. The lowest BCUT2D eigenvalue weighted by Crippen LogP contribution is -2.19. The average Bonchev–Trinajstić information content (AvgIpc) is 3.23. The Balaban J connectivity index is 0.000000158. The molecule has 0 aliphatic heterocycles. The Labute approximate surface area is 179 Å². The quantitative estimate of drug-likeness (QED) is 0.410. The van der Waals surface area contributed by atoms with E-state index in [4.69, 9.17) is 0 Å². The van der Waals surface area contributed by atoms with Gasteiger partial charge in [0.15, 0.2) is 5.13 Å². The van der Waals surface area contributed by atoms with Crippen molar-refractivity contribution in [3.63, 3.8) is 0 Å². The summed E-state index contributed by atoms with van der Waals surface area (Å²) in [6, 6.07) is 25.3. The average molecular weight is 419 g/mol. The molecule has 1 aromatic heterocycles. The zero-order chi connectivity index (χ0) is 21.2. The first-order valence-corrected chi connectivity index (χ1v) is 10.7. The molecule has 1 unspecified atom stereocenters. The molecule has 1 aliphatic carbocycles. The molecule has 1 fully saturated rings. The predicted octanol–water partition coefficient (Wildman–Crippen LogP) is 6.06. The normalized spacial score (nSPS) is 18.9. The number of thiazole rings is 1. The van der Waals surface area contributed by atoms with Gasteiger partial charge in [0, 0.05) is 17.9 Å². The van der Waals surface area contributed by atoms with Gasteiger partial charge < -0.3 is 10.1 Å². The van der Waals surface area contributed by atoms with Crippen LogP contribution in [0.25, 0.3) is 10.2 Å². The molecule has 0 radical (unpaired) electrons. The maximum atomic E-state index is 12.7. The van der Waals surface area contributed by atoms with Crippen LogP contribution in [0.2, 0.25) is 0 Å². The molecule has 4 aromatic rings. The van der Waals surface area contributed by atoms with Crippen molar-refractivity contribution >= 4 is 33.0 Å². The minimum atomic E-state index is -0.268. The Hall–Kier alpha value is -3.05. The Morgan fingerprint density at radius 3 is 2.10 bits per heavy atom. The van der Waals surface area contributed by atoms with Crippen LogP contribution in [0.4, 0.5) is 9.52 Å². The van der Waals surface area contributed by atoms with Crippen LogP contribution < -0.4 is 5.32 Å². The summed E-state index contributed by atoms with van der Waals surface area (Å²) in [6.07, 6.45) is 2.02. The van der Waals surface area contributed by atoms with Crippen molar-refractivity contribution in [2.75, 3.05) is 12.4 Å². The molecule has 0 spiro atoms. The van der Waals surface area contributed by atoms with E-state index < -0.39 is 0 Å². The molecule has 5 heteroatoms. The molecule has 30 heavy (non-hydrogen) atoms. The van der Waals surface area contributed by atoms with E-state index in [-0.39, 0.29) is 16.6 Å². The van der Waals surface area contributed by atoms with E-state index in [0.717, 1.165) is 28.1 Å². The number of halogens is 1. The minimum Gasteiger partial charge on any atom is -0.365 e. The number of carbonyl (C=O) groups excluding carboxylic acids is 1. The van der Waals surface area contributed by atoms with Gasteiger partial charge in [0.2, 0.25) is 0 Å². The van der Waals surface area contributed by atoms with Crippen LogP contribution in [-0.2, 0) is 10.2 Å². The summed E-state index contributed by atoms with van der Waals surface area (Å²) in [5.41, 5.74) is 2.93. The number of nitrogens with one attached hydrogen (secondary N) is 1. The lowest BCUT2D eigenvalue weighted by molar-refractivity contribution is -0.112. The van der Waals surface area contributed by atoms with Crippen molar-refractivity contribution in [1.82, 2.24) is 4.98 Å². The van der Waals surface area contributed by atoms with E-state index in [1.54, 1.807) is 13.1 Å². The van der Waals surface area contributed by atoms with Gasteiger partial charge in [-0.3, -0.25) is 0 Å². The van der Waals surface area contributed by atoms with Gasteiger partial charge in [0.25, 0.3) is 0 Å². The largest absolute Gasteiger partial charge is 0.365 e. The van der Waals surface area contributed by atoms with Gasteiger partial charge in [-0.05, 0) is 35.7 Å². The molecule has 3 aromatic carbocycles. The fraction of sp³-hybridized carbons (Fsp3) is 0.200. The first kappa shape index (κ1) is 20.2. The van der Waals surface area contributed by atoms with Gasteiger partial charge in [-0.1, -0.05) is 78.9 Å². The third-order valence-electron chi connectivity index (χ3n) is 5.84. The van der Waals surface area contributed by atoms with Crippen molar-refractivity contribution in [2.24, 2.45) is 5.41 Å². The topological polar surface area (TPSA) is 42.0 Å². The monoisotopic (exact) mass is 418 g/mol. The van der Waals surface area contributed by atoms with Crippen LogP contribution in [0.1, 0.15) is 24.5 Å². The van der Waals surface area contributed by atoms with Crippen molar-refractivity contribution < 1.29 is 9.18 Å². The third kappa shape index (κ3) is 3.50. The summed E-state index contributed by atoms with van der Waals surface area (Å²) in [6.45, 7) is 2.06. The number of benzene rings is 3. The fourth-order valence-corrected chi connectivity index (χ4v) is 4.97. The number of carbonyl (C=O) groups is 1. The van der Waals surface area contributed by atoms with Crippen molar-refractivity contribution in [3.05, 3.63) is 95.8 Å². The molecule has 1 saturated carbocycles. The lowest BCUT2D eigenvalue weighted by Gasteiger charge is -2.21. The van der Waals surface area contributed by atoms with Crippen molar-refractivity contribution in [2.45, 2.75) is 18.8 Å². The van der Waals surface area contributed by atoms with E-state index in [0.29, 0.717) is 0 Å². The van der Waals surface area contributed by atoms with E-state index in [2.05, 4.69) is 41.5 Å². The number of aromatic nitrogens is 1. The van der Waals surface area contributed by atoms with Crippen LogP contribution in [0.5, 0.6) is 0 Å². The Morgan fingerprint density at radius 1 is 1.00 bits per heavy atom. The maximum Gasteiger partial charge on any atom is 0.183 e. The van der Waals surface area contributed by atoms with Crippen LogP contribution in [0.15, 0.2) is 78.9 Å². The summed E-state index contributed by atoms with van der Waals surface area (Å²) >= 11 is 1.45. The van der Waals surface area contributed by atoms with Gasteiger partial charge >= 0.3 is 0 Å². The molecule has 3 nitrogen and oxygen atoms in total. The zero-order valence-corrected chi connectivity index (χ0v) is 17.7. The Morgan fingerprint density at radius 2 is 1.60 bits per heavy atom. The van der Waals surface area contributed by atoms with Crippen LogP contribution in [0.3, 0.4) is 0 Å². The predicted molar refractivity (Wildman–Crippen MR) is 122 cm³/mol. The number of hydrogen-bond acceptors (Lipinski definition) is 4. The molecule has 1 heterocycles. The highest BCUT2D eigenvalue weighted by Gasteiger charge is 2.66. The van der Waals surface area contributed by atoms with Crippen LogP contribution >= 0.6 is 11.3 Å². The summed E-state index contributed by atoms with van der Waals surface area (Å²) < 4.78 is 13.6. The fourth-order valence-electron chi connectivity index (χ4n) is 4.13. The van der Waals surface area contributed by atoms with Crippen molar-refractivity contribution in [3.8, 4) is 0 Å². The molecule has 0 bridgehead atoms. The standard InChI is InChI=1S/C17H16O.C8H7FN2S/c1-16(13-18)12-17(16,14-8-4-2-5-9-14)15-10-6-3-7-11-15;1-10-8-11-6-3-2-5(9)4-7(6)12-8/h2-11,13H,12H2,1H3;2-4H,1H3,(H,10,11). The van der Waals surface area contributed by atoms with Gasteiger partial charge in [-0.15, -0.1) is 0 Å². The second kappa shape index (κ2) is 8.00. The molecule has 5 rings (SSSR count). The van der Waals surface area contributed by atoms with Gasteiger partial charge in [-0.25, -0.2) is 9.37 Å². The van der Waals surface area contributed by atoms with Crippen LogP contribution in [0, 0.1) is 11.2 Å². The molecule has 0 saturated heterocycles. The third-order valence-corrected chi connectivity index (χ3v) is 6.88. The highest BCUT2D eigenvalue weighted by molar-refractivity contribution is 7.22. The highest BCUT2D eigenvalue weighted by Crippen LogP contribution is 2.66.